The Balaban J connectivity index is 1.62. The van der Waals surface area contributed by atoms with Crippen LogP contribution in [0.15, 0.2) is 0 Å². The third-order valence-corrected chi connectivity index (χ3v) is 4.74. The second kappa shape index (κ2) is 7.67. The Morgan fingerprint density at radius 3 is 3.00 bits per heavy atom. The number of carbonyl (C=O) groups excluding carboxylic acids is 1. The van der Waals surface area contributed by atoms with Crippen LogP contribution < -0.4 is 11.1 Å². The predicted molar refractivity (Wildman–Crippen MR) is 80.6 cm³/mol. The summed E-state index contributed by atoms with van der Waals surface area (Å²) in [5, 5.41) is 2.69. The summed E-state index contributed by atoms with van der Waals surface area (Å²) in [5.41, 5.74) is 5.62. The van der Waals surface area contributed by atoms with Crippen LogP contribution >= 0.6 is 0 Å². The molecular formula is C16H26N2O3. The number of alkyl carbamates (subject to hydrolysis) is 1. The maximum atomic E-state index is 11.6. The van der Waals surface area contributed by atoms with E-state index in [0.29, 0.717) is 50.2 Å². The largest absolute Gasteiger partial charge is 0.449 e. The molecule has 0 aromatic carbocycles. The summed E-state index contributed by atoms with van der Waals surface area (Å²) in [7, 11) is 0. The Hall–Kier alpha value is -1.25. The fourth-order valence-corrected chi connectivity index (χ4v) is 3.34. The van der Waals surface area contributed by atoms with Gasteiger partial charge in [0.25, 0.3) is 0 Å². The third kappa shape index (κ3) is 4.36. The molecule has 2 aliphatic carbocycles. The van der Waals surface area contributed by atoms with Crippen LogP contribution in [-0.4, -0.2) is 39.0 Å². The molecule has 0 spiro atoms. The van der Waals surface area contributed by atoms with E-state index < -0.39 is 0 Å². The number of hydrogen-bond donors (Lipinski definition) is 2. The topological polar surface area (TPSA) is 73.6 Å². The van der Waals surface area contributed by atoms with Gasteiger partial charge in [-0.05, 0) is 24.2 Å². The van der Waals surface area contributed by atoms with Gasteiger partial charge in [-0.15, -0.1) is 11.8 Å². The third-order valence-electron chi connectivity index (χ3n) is 4.74. The molecule has 1 saturated carbocycles. The molecule has 0 saturated heterocycles. The normalized spacial score (nSPS) is 30.2. The smallest absolute Gasteiger partial charge is 0.407 e. The predicted octanol–water partition coefficient (Wildman–Crippen LogP) is 1.52. The average Bonchev–Trinajstić information content (AvgIpc) is 2.99. The molecule has 0 aromatic rings. The second-order valence-corrected chi connectivity index (χ2v) is 6.04. The maximum absolute atomic E-state index is 11.6. The molecule has 3 N–H and O–H groups in total. The fourth-order valence-electron chi connectivity index (χ4n) is 3.34. The highest BCUT2D eigenvalue weighted by atomic mass is 16.5. The first-order chi connectivity index (χ1) is 10.2. The standard InChI is InChI=1S/C16H26N2O3/c1-16-7-5-3-2-4-6-13(16)14(16)12-21-15(19)18-9-11-20-10-8-17/h13-14H,4-12,17H2,1H3,(H,18,19)/t13-,14+,16-/m1/s1. The van der Waals surface area contributed by atoms with Crippen molar-refractivity contribution in [1.82, 2.24) is 5.32 Å². The molecular weight excluding hydrogens is 268 g/mol. The Morgan fingerprint density at radius 1 is 1.38 bits per heavy atom. The first-order valence-electron chi connectivity index (χ1n) is 7.82. The molecule has 0 aromatic heterocycles. The van der Waals surface area contributed by atoms with Gasteiger partial charge < -0.3 is 20.5 Å². The van der Waals surface area contributed by atoms with Crippen LogP contribution in [0.1, 0.15) is 32.6 Å². The molecule has 2 aliphatic rings. The van der Waals surface area contributed by atoms with Crippen LogP contribution in [0.5, 0.6) is 0 Å². The van der Waals surface area contributed by atoms with Crippen LogP contribution in [0, 0.1) is 29.1 Å². The van der Waals surface area contributed by atoms with Crippen molar-refractivity contribution in [2.45, 2.75) is 32.6 Å². The van der Waals surface area contributed by atoms with E-state index in [0.717, 1.165) is 25.7 Å². The molecule has 21 heavy (non-hydrogen) atoms. The number of fused-ring (bicyclic) bond motifs is 1. The lowest BCUT2D eigenvalue weighted by Gasteiger charge is -2.11. The number of hydrogen-bond acceptors (Lipinski definition) is 4. The van der Waals surface area contributed by atoms with Crippen molar-refractivity contribution in [3.8, 4) is 11.8 Å². The lowest BCUT2D eigenvalue weighted by Crippen LogP contribution is -2.29. The minimum Gasteiger partial charge on any atom is -0.449 e. The lowest BCUT2D eigenvalue weighted by atomic mass is 9.95. The molecule has 1 amide bonds. The highest BCUT2D eigenvalue weighted by Crippen LogP contribution is 2.63. The van der Waals surface area contributed by atoms with E-state index in [1.165, 1.54) is 0 Å². The molecule has 5 nitrogen and oxygen atoms in total. The SMILES string of the molecule is C[C@@]12CCC#CCC[C@@H]1[C@@H]2COC(=O)NCCOCCN. The Kier molecular flexibility index (Phi) is 5.89. The molecule has 5 heteroatoms. The van der Waals surface area contributed by atoms with E-state index in [2.05, 4.69) is 24.1 Å². The first kappa shape index (κ1) is 16.1. The van der Waals surface area contributed by atoms with E-state index in [9.17, 15) is 4.79 Å². The van der Waals surface area contributed by atoms with Gasteiger partial charge in [0.1, 0.15) is 0 Å². The van der Waals surface area contributed by atoms with E-state index >= 15 is 0 Å². The van der Waals surface area contributed by atoms with Gasteiger partial charge >= 0.3 is 6.09 Å². The monoisotopic (exact) mass is 294 g/mol. The van der Waals surface area contributed by atoms with E-state index in [-0.39, 0.29) is 6.09 Å². The van der Waals surface area contributed by atoms with Gasteiger partial charge in [-0.1, -0.05) is 6.92 Å². The molecule has 0 aliphatic heterocycles. The molecule has 0 unspecified atom stereocenters. The summed E-state index contributed by atoms with van der Waals surface area (Å²) in [4.78, 5) is 11.6. The van der Waals surface area contributed by atoms with E-state index in [4.69, 9.17) is 15.2 Å². The minimum atomic E-state index is -0.356. The Morgan fingerprint density at radius 2 is 2.19 bits per heavy atom. The van der Waals surface area contributed by atoms with Gasteiger partial charge in [-0.2, -0.15) is 0 Å². The van der Waals surface area contributed by atoms with Crippen LogP contribution in [0.4, 0.5) is 4.79 Å². The van der Waals surface area contributed by atoms with Crippen molar-refractivity contribution in [2.75, 3.05) is 32.9 Å². The summed E-state index contributed by atoms with van der Waals surface area (Å²) in [5.74, 6) is 7.55. The van der Waals surface area contributed by atoms with Crippen LogP contribution in [0.2, 0.25) is 0 Å². The van der Waals surface area contributed by atoms with E-state index in [1.807, 2.05) is 0 Å². The lowest BCUT2D eigenvalue weighted by molar-refractivity contribution is 0.119. The van der Waals surface area contributed by atoms with Crippen molar-refractivity contribution in [1.29, 1.82) is 0 Å². The second-order valence-electron chi connectivity index (χ2n) is 6.04. The van der Waals surface area contributed by atoms with Gasteiger partial charge in [0.2, 0.25) is 0 Å². The maximum Gasteiger partial charge on any atom is 0.407 e. The summed E-state index contributed by atoms with van der Waals surface area (Å²) < 4.78 is 10.5. The molecule has 3 atom stereocenters. The van der Waals surface area contributed by atoms with Crippen molar-refractivity contribution in [3.63, 3.8) is 0 Å². The van der Waals surface area contributed by atoms with Crippen molar-refractivity contribution in [2.24, 2.45) is 23.0 Å². The molecule has 0 radical (unpaired) electrons. The zero-order valence-electron chi connectivity index (χ0n) is 12.8. The van der Waals surface area contributed by atoms with Crippen LogP contribution in [-0.2, 0) is 9.47 Å². The first-order valence-corrected chi connectivity index (χ1v) is 7.82. The summed E-state index contributed by atoms with van der Waals surface area (Å²) >= 11 is 0. The van der Waals surface area contributed by atoms with Gasteiger partial charge in [0, 0.05) is 31.8 Å². The number of nitrogens with one attached hydrogen (secondary N) is 1. The summed E-state index contributed by atoms with van der Waals surface area (Å²) in [6, 6.07) is 0. The van der Waals surface area contributed by atoms with Gasteiger partial charge in [-0.3, -0.25) is 0 Å². The fraction of sp³-hybridized carbons (Fsp3) is 0.812. The molecule has 2 rings (SSSR count). The highest BCUT2D eigenvalue weighted by Gasteiger charge is 2.60. The van der Waals surface area contributed by atoms with Crippen molar-refractivity contribution >= 4 is 6.09 Å². The van der Waals surface area contributed by atoms with Crippen LogP contribution in [0.3, 0.4) is 0 Å². The molecule has 1 fully saturated rings. The molecule has 118 valence electrons. The number of amides is 1. The van der Waals surface area contributed by atoms with Gasteiger partial charge in [-0.25, -0.2) is 4.79 Å². The average molecular weight is 294 g/mol. The van der Waals surface area contributed by atoms with Crippen molar-refractivity contribution < 1.29 is 14.3 Å². The van der Waals surface area contributed by atoms with Gasteiger partial charge in [0.15, 0.2) is 0 Å². The number of ether oxygens (including phenoxy) is 2. The highest BCUT2D eigenvalue weighted by molar-refractivity contribution is 5.67. The zero-order valence-corrected chi connectivity index (χ0v) is 12.8. The number of nitrogens with two attached hydrogens (primary N) is 1. The molecule has 0 bridgehead atoms. The Labute approximate surface area is 126 Å². The zero-order chi connectivity index (χ0) is 15.1. The summed E-state index contributed by atoms with van der Waals surface area (Å²) in [6.07, 6.45) is 3.83. The van der Waals surface area contributed by atoms with Crippen molar-refractivity contribution in [3.05, 3.63) is 0 Å². The minimum absolute atomic E-state index is 0.319. The van der Waals surface area contributed by atoms with E-state index in [1.54, 1.807) is 0 Å². The number of carbonyl (C=O) groups is 1. The Bertz CT molecular complexity index is 415. The molecule has 0 heterocycles. The van der Waals surface area contributed by atoms with Gasteiger partial charge in [0.05, 0.1) is 19.8 Å². The van der Waals surface area contributed by atoms with Crippen LogP contribution in [0.25, 0.3) is 0 Å². The summed E-state index contributed by atoms with van der Waals surface area (Å²) in [6.45, 7) is 4.75. The number of rotatable bonds is 7. The quantitative estimate of drug-likeness (QED) is 0.551.